The molecule has 1 atom stereocenters. The van der Waals surface area contributed by atoms with Gasteiger partial charge in [-0.15, -0.1) is 0 Å². The first kappa shape index (κ1) is 16.0. The second kappa shape index (κ2) is 8.92. The van der Waals surface area contributed by atoms with Crippen LogP contribution in [0.25, 0.3) is 0 Å². The van der Waals surface area contributed by atoms with Gasteiger partial charge in [0.05, 0.1) is 6.61 Å². The van der Waals surface area contributed by atoms with Crippen LogP contribution in [0.15, 0.2) is 18.2 Å². The number of benzene rings is 1. The predicted octanol–water partition coefficient (Wildman–Crippen LogP) is 4.06. The molecular weight excluding hydrogens is 241 g/mol. The van der Waals surface area contributed by atoms with Crippen LogP contribution >= 0.6 is 0 Å². The molecule has 0 aliphatic rings. The Hall–Kier alpha value is -1.09. The van der Waals surface area contributed by atoms with Gasteiger partial charge in [0.2, 0.25) is 0 Å². The summed E-state index contributed by atoms with van der Waals surface area (Å²) in [5, 5.41) is 0. The van der Waals surface area contributed by atoms with Gasteiger partial charge >= 0.3 is 0 Å². The van der Waals surface area contributed by atoms with Crippen molar-refractivity contribution >= 4 is 0 Å². The predicted molar refractivity (Wildman–Crippen MR) is 78.0 cm³/mol. The highest BCUT2D eigenvalue weighted by molar-refractivity contribution is 5.34. The molecule has 108 valence electrons. The second-order valence-corrected chi connectivity index (χ2v) is 5.20. The molecular formula is C16H26FNO. The number of nitrogens with two attached hydrogens (primary N) is 1. The van der Waals surface area contributed by atoms with Crippen LogP contribution in [-0.2, 0) is 6.42 Å². The van der Waals surface area contributed by atoms with Gasteiger partial charge in [-0.3, -0.25) is 0 Å². The van der Waals surface area contributed by atoms with Crippen LogP contribution < -0.4 is 10.5 Å². The third-order valence-electron chi connectivity index (χ3n) is 3.07. The van der Waals surface area contributed by atoms with Crippen LogP contribution in [-0.4, -0.2) is 12.6 Å². The summed E-state index contributed by atoms with van der Waals surface area (Å²) in [6.07, 6.45) is 6.68. The van der Waals surface area contributed by atoms with Gasteiger partial charge < -0.3 is 10.5 Å². The lowest BCUT2D eigenvalue weighted by Crippen LogP contribution is -2.18. The lowest BCUT2D eigenvalue weighted by molar-refractivity contribution is 0.300. The van der Waals surface area contributed by atoms with Gasteiger partial charge in [0.1, 0.15) is 11.6 Å². The summed E-state index contributed by atoms with van der Waals surface area (Å²) in [5.41, 5.74) is 6.64. The van der Waals surface area contributed by atoms with Gasteiger partial charge in [-0.2, -0.15) is 0 Å². The molecule has 0 saturated carbocycles. The minimum Gasteiger partial charge on any atom is -0.493 e. The monoisotopic (exact) mass is 267 g/mol. The number of unbranched alkanes of at least 4 members (excludes halogenated alkanes) is 4. The third-order valence-corrected chi connectivity index (χ3v) is 3.07. The van der Waals surface area contributed by atoms with Crippen LogP contribution in [0.2, 0.25) is 0 Å². The van der Waals surface area contributed by atoms with Crippen LogP contribution in [0.4, 0.5) is 4.39 Å². The Kier molecular flexibility index (Phi) is 7.49. The molecule has 0 amide bonds. The summed E-state index contributed by atoms with van der Waals surface area (Å²) in [6, 6.07) is 4.68. The molecule has 1 unspecified atom stereocenters. The highest BCUT2D eigenvalue weighted by Crippen LogP contribution is 2.21. The van der Waals surface area contributed by atoms with Gasteiger partial charge in [0.15, 0.2) is 0 Å². The van der Waals surface area contributed by atoms with Gasteiger partial charge in [0.25, 0.3) is 0 Å². The fraction of sp³-hybridized carbons (Fsp3) is 0.625. The summed E-state index contributed by atoms with van der Waals surface area (Å²) < 4.78 is 19.0. The van der Waals surface area contributed by atoms with Crippen LogP contribution in [0.5, 0.6) is 5.75 Å². The summed E-state index contributed by atoms with van der Waals surface area (Å²) in [5.74, 6) is 0.542. The van der Waals surface area contributed by atoms with E-state index >= 15 is 0 Å². The lowest BCUT2D eigenvalue weighted by atomic mass is 10.1. The molecule has 1 aromatic rings. The van der Waals surface area contributed by atoms with Crippen LogP contribution in [0.3, 0.4) is 0 Å². The minimum absolute atomic E-state index is 0.00806. The minimum atomic E-state index is -0.231. The molecule has 19 heavy (non-hydrogen) atoms. The first-order chi connectivity index (χ1) is 9.13. The van der Waals surface area contributed by atoms with E-state index < -0.39 is 0 Å². The Morgan fingerprint density at radius 3 is 2.63 bits per heavy atom. The van der Waals surface area contributed by atoms with Crippen molar-refractivity contribution in [2.45, 2.75) is 58.4 Å². The third kappa shape index (κ3) is 6.58. The Morgan fingerprint density at radius 1 is 1.21 bits per heavy atom. The maximum absolute atomic E-state index is 13.2. The van der Waals surface area contributed by atoms with E-state index in [9.17, 15) is 4.39 Å². The van der Waals surface area contributed by atoms with Crippen molar-refractivity contribution < 1.29 is 9.13 Å². The van der Waals surface area contributed by atoms with Crippen molar-refractivity contribution in [2.75, 3.05) is 6.61 Å². The van der Waals surface area contributed by atoms with E-state index in [1.54, 1.807) is 6.07 Å². The van der Waals surface area contributed by atoms with Gasteiger partial charge in [-0.1, -0.05) is 32.6 Å². The number of rotatable bonds is 9. The van der Waals surface area contributed by atoms with E-state index in [1.807, 2.05) is 6.92 Å². The number of ether oxygens (including phenoxy) is 1. The average Bonchev–Trinajstić information content (AvgIpc) is 2.35. The number of hydrogen-bond donors (Lipinski definition) is 1. The van der Waals surface area contributed by atoms with Crippen molar-refractivity contribution in [3.63, 3.8) is 0 Å². The standard InChI is InChI=1S/C16H26FNO/c1-3-4-5-6-7-10-19-16-9-8-15(17)12-14(16)11-13(2)18/h8-9,12-13H,3-7,10-11,18H2,1-2H3. The van der Waals surface area contributed by atoms with E-state index in [1.165, 1.54) is 37.8 Å². The number of halogens is 1. The molecule has 0 bridgehead atoms. The van der Waals surface area contributed by atoms with E-state index in [-0.39, 0.29) is 11.9 Å². The van der Waals surface area contributed by atoms with Gasteiger partial charge in [-0.25, -0.2) is 4.39 Å². The first-order valence-electron chi connectivity index (χ1n) is 7.30. The Morgan fingerprint density at radius 2 is 1.95 bits per heavy atom. The second-order valence-electron chi connectivity index (χ2n) is 5.20. The Balaban J connectivity index is 2.43. The Bertz CT molecular complexity index is 366. The SMILES string of the molecule is CCCCCCCOc1ccc(F)cc1CC(C)N. The summed E-state index contributed by atoms with van der Waals surface area (Å²) in [7, 11) is 0. The maximum atomic E-state index is 13.2. The molecule has 1 aromatic carbocycles. The van der Waals surface area contributed by atoms with Crippen molar-refractivity contribution in [1.82, 2.24) is 0 Å². The quantitative estimate of drug-likeness (QED) is 0.685. The first-order valence-corrected chi connectivity index (χ1v) is 7.30. The molecule has 0 aliphatic carbocycles. The average molecular weight is 267 g/mol. The van der Waals surface area contributed by atoms with Crippen molar-refractivity contribution in [3.8, 4) is 5.75 Å². The molecule has 0 radical (unpaired) electrons. The van der Waals surface area contributed by atoms with Gasteiger partial charge in [0, 0.05) is 6.04 Å². The van der Waals surface area contributed by atoms with Crippen LogP contribution in [0.1, 0.15) is 51.5 Å². The summed E-state index contributed by atoms with van der Waals surface area (Å²) in [6.45, 7) is 4.82. The molecule has 0 saturated heterocycles. The van der Waals surface area contributed by atoms with E-state index in [4.69, 9.17) is 10.5 Å². The highest BCUT2D eigenvalue weighted by Gasteiger charge is 2.07. The highest BCUT2D eigenvalue weighted by atomic mass is 19.1. The normalized spacial score (nSPS) is 12.4. The van der Waals surface area contributed by atoms with Crippen LogP contribution in [0, 0.1) is 5.82 Å². The smallest absolute Gasteiger partial charge is 0.123 e. The van der Waals surface area contributed by atoms with E-state index in [2.05, 4.69) is 6.92 Å². The topological polar surface area (TPSA) is 35.2 Å². The fourth-order valence-electron chi connectivity index (χ4n) is 2.08. The van der Waals surface area contributed by atoms with Crippen molar-refractivity contribution in [3.05, 3.63) is 29.6 Å². The van der Waals surface area contributed by atoms with Crippen molar-refractivity contribution in [2.24, 2.45) is 5.73 Å². The zero-order valence-electron chi connectivity index (χ0n) is 12.1. The lowest BCUT2D eigenvalue weighted by Gasteiger charge is -2.13. The van der Waals surface area contributed by atoms with Gasteiger partial charge in [-0.05, 0) is 43.5 Å². The number of hydrogen-bond acceptors (Lipinski definition) is 2. The molecule has 2 N–H and O–H groups in total. The molecule has 0 spiro atoms. The summed E-state index contributed by atoms with van der Waals surface area (Å²) in [4.78, 5) is 0. The molecule has 1 rings (SSSR count). The molecule has 0 fully saturated rings. The van der Waals surface area contributed by atoms with E-state index in [0.29, 0.717) is 13.0 Å². The molecule has 3 heteroatoms. The molecule has 0 aromatic heterocycles. The van der Waals surface area contributed by atoms with E-state index in [0.717, 1.165) is 17.7 Å². The molecule has 2 nitrogen and oxygen atoms in total. The largest absolute Gasteiger partial charge is 0.493 e. The molecule has 0 heterocycles. The zero-order valence-corrected chi connectivity index (χ0v) is 12.1. The van der Waals surface area contributed by atoms with Crippen molar-refractivity contribution in [1.29, 1.82) is 0 Å². The maximum Gasteiger partial charge on any atom is 0.123 e. The summed E-state index contributed by atoms with van der Waals surface area (Å²) >= 11 is 0. The zero-order chi connectivity index (χ0) is 14.1. The Labute approximate surface area is 116 Å². The molecule has 0 aliphatic heterocycles. The fourth-order valence-corrected chi connectivity index (χ4v) is 2.08.